The first-order valence-corrected chi connectivity index (χ1v) is 6.62. The molecule has 0 bridgehead atoms. The van der Waals surface area contributed by atoms with Crippen molar-refractivity contribution in [1.82, 2.24) is 0 Å². The molecular weight excluding hydrogens is 274 g/mol. The third-order valence-corrected chi connectivity index (χ3v) is 3.51. The van der Waals surface area contributed by atoms with Crippen molar-refractivity contribution in [1.29, 1.82) is 0 Å². The predicted octanol–water partition coefficient (Wildman–Crippen LogP) is 3.80. The average Bonchev–Trinajstić information content (AvgIpc) is 2.39. The minimum Gasteiger partial charge on any atom is -0.378 e. The highest BCUT2D eigenvalue weighted by Gasteiger charge is 2.34. The van der Waals surface area contributed by atoms with Crippen LogP contribution in [-0.4, -0.2) is 12.7 Å². The summed E-state index contributed by atoms with van der Waals surface area (Å²) in [5.74, 6) is -1.28. The lowest BCUT2D eigenvalue weighted by Gasteiger charge is -2.25. The summed E-state index contributed by atoms with van der Waals surface area (Å²) in [6.45, 7) is 0.661. The van der Waals surface area contributed by atoms with Crippen LogP contribution in [0.1, 0.15) is 42.9 Å². The van der Waals surface area contributed by atoms with E-state index in [1.54, 1.807) is 0 Å². The fourth-order valence-electron chi connectivity index (χ4n) is 2.40. The fraction of sp³-hybridized carbons (Fsp3) is 0.571. The molecule has 20 heavy (non-hydrogen) atoms. The van der Waals surface area contributed by atoms with E-state index in [0.29, 0.717) is 13.0 Å². The van der Waals surface area contributed by atoms with Gasteiger partial charge in [0, 0.05) is 12.6 Å². The van der Waals surface area contributed by atoms with E-state index < -0.39 is 23.6 Å². The van der Waals surface area contributed by atoms with Gasteiger partial charge in [-0.05, 0) is 43.4 Å². The monoisotopic (exact) mass is 291 g/mol. The summed E-state index contributed by atoms with van der Waals surface area (Å²) >= 11 is 0. The molecule has 0 radical (unpaired) electrons. The summed E-state index contributed by atoms with van der Waals surface area (Å²) in [5.41, 5.74) is 4.93. The van der Waals surface area contributed by atoms with Crippen molar-refractivity contribution in [2.24, 2.45) is 5.73 Å². The maximum atomic E-state index is 13.2. The van der Waals surface area contributed by atoms with Crippen LogP contribution in [0.3, 0.4) is 0 Å². The fourth-order valence-corrected chi connectivity index (χ4v) is 2.40. The van der Waals surface area contributed by atoms with Gasteiger partial charge >= 0.3 is 6.18 Å². The molecule has 2 nitrogen and oxygen atoms in total. The van der Waals surface area contributed by atoms with E-state index in [0.717, 1.165) is 31.4 Å². The highest BCUT2D eigenvalue weighted by molar-refractivity contribution is 5.29. The van der Waals surface area contributed by atoms with Crippen molar-refractivity contribution in [3.8, 4) is 0 Å². The molecule has 2 N–H and O–H groups in total. The highest BCUT2D eigenvalue weighted by atomic mass is 19.4. The molecule has 1 aromatic carbocycles. The third-order valence-electron chi connectivity index (χ3n) is 3.51. The maximum Gasteiger partial charge on any atom is 0.419 e. The predicted molar refractivity (Wildman–Crippen MR) is 66.5 cm³/mol. The van der Waals surface area contributed by atoms with Crippen LogP contribution < -0.4 is 5.73 Å². The van der Waals surface area contributed by atoms with Crippen LogP contribution in [0, 0.1) is 5.82 Å². The summed E-state index contributed by atoms with van der Waals surface area (Å²) in [6.07, 6.45) is -1.39. The second kappa shape index (κ2) is 6.10. The number of rotatable bonds is 3. The lowest BCUT2D eigenvalue weighted by molar-refractivity contribution is -0.140. The number of alkyl halides is 3. The van der Waals surface area contributed by atoms with Crippen LogP contribution in [0.25, 0.3) is 0 Å². The number of hydrogen-bond donors (Lipinski definition) is 1. The Morgan fingerprint density at radius 1 is 1.30 bits per heavy atom. The van der Waals surface area contributed by atoms with Crippen molar-refractivity contribution in [3.63, 3.8) is 0 Å². The lowest BCUT2D eigenvalue weighted by atomic mass is 9.96. The third kappa shape index (κ3) is 3.70. The van der Waals surface area contributed by atoms with Crippen LogP contribution in [0.15, 0.2) is 18.2 Å². The molecule has 0 spiro atoms. The second-order valence-corrected chi connectivity index (χ2v) is 5.07. The normalized spacial score (nSPS) is 21.8. The van der Waals surface area contributed by atoms with Crippen molar-refractivity contribution < 1.29 is 22.3 Å². The first kappa shape index (κ1) is 15.3. The number of ether oxygens (including phenoxy) is 1. The Labute approximate surface area is 114 Å². The average molecular weight is 291 g/mol. The van der Waals surface area contributed by atoms with Gasteiger partial charge in [0.15, 0.2) is 0 Å². The van der Waals surface area contributed by atoms with Crippen LogP contribution >= 0.6 is 0 Å². The molecule has 1 fully saturated rings. The van der Waals surface area contributed by atoms with Crippen LogP contribution in [-0.2, 0) is 10.9 Å². The Hall–Kier alpha value is -1.14. The van der Waals surface area contributed by atoms with Crippen molar-refractivity contribution in [2.45, 2.75) is 44.0 Å². The van der Waals surface area contributed by atoms with Crippen molar-refractivity contribution in [3.05, 3.63) is 35.1 Å². The molecule has 0 aliphatic carbocycles. The lowest BCUT2D eigenvalue weighted by Crippen LogP contribution is -2.25. The zero-order valence-electron chi connectivity index (χ0n) is 10.9. The number of benzene rings is 1. The Morgan fingerprint density at radius 2 is 2.05 bits per heavy atom. The summed E-state index contributed by atoms with van der Waals surface area (Å²) in [4.78, 5) is 0. The van der Waals surface area contributed by atoms with Gasteiger partial charge in [0.2, 0.25) is 0 Å². The largest absolute Gasteiger partial charge is 0.419 e. The van der Waals surface area contributed by atoms with E-state index in [4.69, 9.17) is 10.5 Å². The molecular formula is C14H17F4NO. The van der Waals surface area contributed by atoms with Gasteiger partial charge in [-0.1, -0.05) is 6.07 Å². The van der Waals surface area contributed by atoms with Crippen LogP contribution in [0.4, 0.5) is 17.6 Å². The first-order valence-electron chi connectivity index (χ1n) is 6.62. The Kier molecular flexibility index (Phi) is 4.65. The summed E-state index contributed by atoms with van der Waals surface area (Å²) in [6, 6.07) is 2.33. The minimum absolute atomic E-state index is 0.0295. The maximum absolute atomic E-state index is 13.2. The van der Waals surface area contributed by atoms with Gasteiger partial charge in [0.1, 0.15) is 5.82 Å². The molecule has 2 unspecified atom stereocenters. The van der Waals surface area contributed by atoms with Crippen molar-refractivity contribution >= 4 is 0 Å². The van der Waals surface area contributed by atoms with Crippen LogP contribution in [0.2, 0.25) is 0 Å². The molecule has 2 atom stereocenters. The van der Waals surface area contributed by atoms with Gasteiger partial charge in [-0.25, -0.2) is 4.39 Å². The molecule has 0 saturated carbocycles. The van der Waals surface area contributed by atoms with Gasteiger partial charge < -0.3 is 10.5 Å². The second-order valence-electron chi connectivity index (χ2n) is 5.07. The van der Waals surface area contributed by atoms with E-state index in [-0.39, 0.29) is 11.7 Å². The Bertz CT molecular complexity index is 455. The molecule has 1 aromatic rings. The van der Waals surface area contributed by atoms with E-state index >= 15 is 0 Å². The smallest absolute Gasteiger partial charge is 0.378 e. The molecule has 1 heterocycles. The van der Waals surface area contributed by atoms with Gasteiger partial charge in [0.05, 0.1) is 11.7 Å². The van der Waals surface area contributed by atoms with Gasteiger partial charge in [-0.3, -0.25) is 0 Å². The quantitative estimate of drug-likeness (QED) is 0.860. The van der Waals surface area contributed by atoms with E-state index in [1.165, 1.54) is 6.07 Å². The highest BCUT2D eigenvalue weighted by Crippen LogP contribution is 2.33. The first-order chi connectivity index (χ1) is 9.38. The molecule has 0 aromatic heterocycles. The molecule has 112 valence electrons. The SMILES string of the molecule is NC(CC1CCCCO1)c1ccc(F)c(C(F)(F)F)c1. The van der Waals surface area contributed by atoms with E-state index in [2.05, 4.69) is 0 Å². The van der Waals surface area contributed by atoms with Gasteiger partial charge in [0.25, 0.3) is 0 Å². The summed E-state index contributed by atoms with van der Waals surface area (Å²) < 4.78 is 56.7. The zero-order valence-corrected chi connectivity index (χ0v) is 10.9. The number of hydrogen-bond acceptors (Lipinski definition) is 2. The molecule has 6 heteroatoms. The van der Waals surface area contributed by atoms with Crippen LogP contribution in [0.5, 0.6) is 0 Å². The number of halogens is 4. The van der Waals surface area contributed by atoms with Crippen molar-refractivity contribution in [2.75, 3.05) is 6.61 Å². The Morgan fingerprint density at radius 3 is 2.65 bits per heavy atom. The summed E-state index contributed by atoms with van der Waals surface area (Å²) in [5, 5.41) is 0. The number of nitrogens with two attached hydrogens (primary N) is 1. The minimum atomic E-state index is -4.71. The zero-order chi connectivity index (χ0) is 14.8. The summed E-state index contributed by atoms with van der Waals surface area (Å²) in [7, 11) is 0. The van der Waals surface area contributed by atoms with E-state index in [1.807, 2.05) is 0 Å². The van der Waals surface area contributed by atoms with Gasteiger partial charge in [-0.15, -0.1) is 0 Å². The molecule has 1 aliphatic rings. The molecule has 0 amide bonds. The topological polar surface area (TPSA) is 35.2 Å². The van der Waals surface area contributed by atoms with Gasteiger partial charge in [-0.2, -0.15) is 13.2 Å². The molecule has 1 aliphatic heterocycles. The Balaban J connectivity index is 2.11. The molecule has 2 rings (SSSR count). The van der Waals surface area contributed by atoms with E-state index in [9.17, 15) is 17.6 Å². The standard InChI is InChI=1S/C14H17F4NO/c15-12-5-4-9(7-11(12)14(16,17)18)13(19)8-10-3-1-2-6-20-10/h4-5,7,10,13H,1-3,6,8,19H2. The molecule has 1 saturated heterocycles.